The highest BCUT2D eigenvalue weighted by atomic mass is 16.7. The van der Waals surface area contributed by atoms with Gasteiger partial charge in [0.1, 0.15) is 11.9 Å². The largest absolute Gasteiger partial charge is 0.496 e. The Morgan fingerprint density at radius 1 is 0.806 bits per heavy atom. The molecule has 0 spiro atoms. The predicted molar refractivity (Wildman–Crippen MR) is 125 cm³/mol. The number of para-hydroxylation sites is 1. The van der Waals surface area contributed by atoms with E-state index in [4.69, 9.17) is 33.8 Å². The molecule has 2 saturated heterocycles. The fourth-order valence-electron chi connectivity index (χ4n) is 5.46. The number of hydrogen-bond acceptors (Lipinski definition) is 10. The monoisotopic (exact) mass is 488 g/mol. The van der Waals surface area contributed by atoms with Crippen LogP contribution in [-0.2, 0) is 9.47 Å². The lowest BCUT2D eigenvalue weighted by molar-refractivity contribution is -0.254. The first-order valence-corrected chi connectivity index (χ1v) is 10.9. The van der Waals surface area contributed by atoms with E-state index in [1.54, 1.807) is 43.3 Å². The molecule has 2 aliphatic heterocycles. The van der Waals surface area contributed by atoms with Gasteiger partial charge in [0.25, 0.3) is 0 Å². The molecule has 4 atom stereocenters. The molecule has 0 aliphatic carbocycles. The number of fused-ring (bicyclic) bond motifs is 2. The van der Waals surface area contributed by atoms with Crippen LogP contribution in [0.2, 0.25) is 0 Å². The van der Waals surface area contributed by atoms with Crippen LogP contribution in [0.25, 0.3) is 0 Å². The quantitative estimate of drug-likeness (QED) is 0.639. The third-order valence-electron chi connectivity index (χ3n) is 6.98. The van der Waals surface area contributed by atoms with Gasteiger partial charge in [-0.2, -0.15) is 15.8 Å². The zero-order valence-electron chi connectivity index (χ0n) is 20.4. The van der Waals surface area contributed by atoms with E-state index in [9.17, 15) is 15.8 Å². The maximum Gasteiger partial charge on any atom is 0.219 e. The fraction of sp³-hybridized carbons (Fsp3) is 0.385. The molecule has 2 bridgehead atoms. The van der Waals surface area contributed by atoms with Crippen molar-refractivity contribution in [1.82, 2.24) is 0 Å². The summed E-state index contributed by atoms with van der Waals surface area (Å²) >= 11 is 0. The van der Waals surface area contributed by atoms with Gasteiger partial charge in [-0.15, -0.1) is 0 Å². The van der Waals surface area contributed by atoms with Crippen molar-refractivity contribution >= 4 is 5.90 Å². The maximum absolute atomic E-state index is 10.7. The van der Waals surface area contributed by atoms with Crippen molar-refractivity contribution in [3.8, 4) is 41.2 Å². The summed E-state index contributed by atoms with van der Waals surface area (Å²) in [4.78, 5) is 0. The molecule has 2 aromatic rings. The van der Waals surface area contributed by atoms with E-state index in [1.807, 2.05) is 12.1 Å². The minimum Gasteiger partial charge on any atom is -0.496 e. The highest BCUT2D eigenvalue weighted by Gasteiger charge is 2.80. The van der Waals surface area contributed by atoms with Crippen molar-refractivity contribution in [2.24, 2.45) is 10.8 Å². The Morgan fingerprint density at radius 2 is 1.44 bits per heavy atom. The second-order valence-electron chi connectivity index (χ2n) is 8.49. The van der Waals surface area contributed by atoms with Gasteiger partial charge >= 0.3 is 0 Å². The molecule has 4 rings (SSSR count). The first-order chi connectivity index (χ1) is 17.3. The number of rotatable bonds is 6. The summed E-state index contributed by atoms with van der Waals surface area (Å²) in [5.41, 5.74) is -3.55. The molecule has 2 aromatic carbocycles. The summed E-state index contributed by atoms with van der Waals surface area (Å²) in [6.45, 7) is 1.58. The van der Waals surface area contributed by atoms with E-state index in [0.717, 1.165) is 0 Å². The van der Waals surface area contributed by atoms with Crippen molar-refractivity contribution in [1.29, 1.82) is 21.2 Å². The van der Waals surface area contributed by atoms with Gasteiger partial charge in [0, 0.05) is 18.1 Å². The van der Waals surface area contributed by atoms with E-state index >= 15 is 0 Å². The molecule has 2 heterocycles. The summed E-state index contributed by atoms with van der Waals surface area (Å²) in [6.07, 6.45) is -1.36. The van der Waals surface area contributed by atoms with Crippen molar-refractivity contribution in [2.75, 3.05) is 28.4 Å². The molecule has 2 fully saturated rings. The summed E-state index contributed by atoms with van der Waals surface area (Å²) in [5.74, 6) is -2.04. The first kappa shape index (κ1) is 24.7. The van der Waals surface area contributed by atoms with E-state index in [0.29, 0.717) is 17.1 Å². The zero-order chi connectivity index (χ0) is 26.3. The van der Waals surface area contributed by atoms with Crippen LogP contribution in [0.1, 0.15) is 30.1 Å². The number of nitrogens with one attached hydrogen (secondary N) is 1. The number of ether oxygens (including phenoxy) is 6. The number of hydrogen-bond donors (Lipinski definition) is 1. The van der Waals surface area contributed by atoms with Crippen molar-refractivity contribution in [2.45, 2.75) is 24.7 Å². The van der Waals surface area contributed by atoms with Crippen molar-refractivity contribution < 1.29 is 28.4 Å². The van der Waals surface area contributed by atoms with Gasteiger partial charge in [0.15, 0.2) is 16.9 Å². The van der Waals surface area contributed by atoms with Gasteiger partial charge in [-0.25, -0.2) is 0 Å². The standard InChI is InChI=1S/C26H24N4O6/c1-24-21(15-8-6-7-9-17(15)31-2)26(14-29,23(30)36-24)25(12-27,13-28)22(35-24)16-10-11-18(32-3)20(34-5)19(16)33-4/h6-11,21-22,30H,1-5H3. The molecule has 10 nitrogen and oxygen atoms in total. The lowest BCUT2D eigenvalue weighted by Crippen LogP contribution is -2.57. The van der Waals surface area contributed by atoms with Gasteiger partial charge in [-0.1, -0.05) is 18.2 Å². The van der Waals surface area contributed by atoms with Gasteiger partial charge in [0.2, 0.25) is 22.8 Å². The van der Waals surface area contributed by atoms with Crippen LogP contribution >= 0.6 is 0 Å². The molecular formula is C26H24N4O6. The van der Waals surface area contributed by atoms with Crippen molar-refractivity contribution in [3.05, 3.63) is 47.5 Å². The minimum atomic E-state index is -2.23. The lowest BCUT2D eigenvalue weighted by Gasteiger charge is -2.49. The maximum atomic E-state index is 10.7. The molecule has 4 unspecified atom stereocenters. The summed E-state index contributed by atoms with van der Waals surface area (Å²) in [7, 11) is 5.75. The van der Waals surface area contributed by atoms with Crippen LogP contribution in [0.4, 0.5) is 0 Å². The van der Waals surface area contributed by atoms with Crippen LogP contribution in [-0.4, -0.2) is 40.1 Å². The van der Waals surface area contributed by atoms with E-state index in [2.05, 4.69) is 6.07 Å². The fourth-order valence-corrected chi connectivity index (χ4v) is 5.46. The summed E-state index contributed by atoms with van der Waals surface area (Å²) in [6, 6.07) is 16.3. The molecule has 0 radical (unpaired) electrons. The van der Waals surface area contributed by atoms with Crippen LogP contribution < -0.4 is 18.9 Å². The average Bonchev–Trinajstić information content (AvgIpc) is 3.09. The Labute approximate surface area is 208 Å². The van der Waals surface area contributed by atoms with E-state index in [1.165, 1.54) is 28.4 Å². The van der Waals surface area contributed by atoms with E-state index < -0.39 is 34.5 Å². The highest BCUT2D eigenvalue weighted by Crippen LogP contribution is 2.70. The molecule has 10 heteroatoms. The topological polar surface area (TPSA) is 151 Å². The Kier molecular flexibility index (Phi) is 5.92. The second kappa shape index (κ2) is 8.64. The molecule has 0 amide bonds. The van der Waals surface area contributed by atoms with Crippen LogP contribution in [0.5, 0.6) is 23.0 Å². The Hall–Kier alpha value is -4.46. The van der Waals surface area contributed by atoms with Gasteiger partial charge in [0.05, 0.1) is 52.6 Å². The van der Waals surface area contributed by atoms with Gasteiger partial charge < -0.3 is 28.4 Å². The van der Waals surface area contributed by atoms with Crippen LogP contribution in [0.3, 0.4) is 0 Å². The molecule has 2 aliphatic rings. The summed E-state index contributed by atoms with van der Waals surface area (Å²) in [5, 5.41) is 40.6. The second-order valence-corrected chi connectivity index (χ2v) is 8.49. The average molecular weight is 489 g/mol. The molecule has 0 aromatic heterocycles. The number of nitriles is 3. The van der Waals surface area contributed by atoms with Crippen LogP contribution in [0, 0.1) is 50.2 Å². The van der Waals surface area contributed by atoms with Gasteiger partial charge in [-0.05, 0) is 18.2 Å². The molecule has 1 N–H and O–H groups in total. The summed E-state index contributed by atoms with van der Waals surface area (Å²) < 4.78 is 34.3. The Bertz CT molecular complexity index is 1340. The first-order valence-electron chi connectivity index (χ1n) is 10.9. The minimum absolute atomic E-state index is 0.162. The molecular weight excluding hydrogens is 464 g/mol. The third-order valence-corrected chi connectivity index (χ3v) is 6.98. The molecule has 184 valence electrons. The number of nitrogens with zero attached hydrogens (tertiary/aromatic N) is 3. The van der Waals surface area contributed by atoms with Gasteiger partial charge in [-0.3, -0.25) is 5.41 Å². The lowest BCUT2D eigenvalue weighted by atomic mass is 9.52. The smallest absolute Gasteiger partial charge is 0.219 e. The molecule has 36 heavy (non-hydrogen) atoms. The number of methoxy groups -OCH3 is 4. The van der Waals surface area contributed by atoms with E-state index in [-0.39, 0.29) is 17.1 Å². The zero-order valence-corrected chi connectivity index (χ0v) is 20.4. The number of benzene rings is 2. The van der Waals surface area contributed by atoms with Crippen molar-refractivity contribution in [3.63, 3.8) is 0 Å². The Morgan fingerprint density at radius 3 is 2.00 bits per heavy atom. The predicted octanol–water partition coefficient (Wildman–Crippen LogP) is 3.84. The highest BCUT2D eigenvalue weighted by molar-refractivity contribution is 5.91. The van der Waals surface area contributed by atoms with Crippen LogP contribution in [0.15, 0.2) is 36.4 Å². The third kappa shape index (κ3) is 2.87. The Balaban J connectivity index is 2.08. The molecule has 0 saturated carbocycles. The SMILES string of the molecule is COc1ccccc1C1C2(C)OC(=N)C1(C#N)C(C#N)(C#N)C(c1ccc(OC)c(OC)c1OC)O2. The normalized spacial score (nSPS) is 27.6.